The summed E-state index contributed by atoms with van der Waals surface area (Å²) in [6.45, 7) is 3.77. The van der Waals surface area contributed by atoms with E-state index in [-0.39, 0.29) is 5.91 Å². The number of hydrogen-bond donors (Lipinski definition) is 2. The van der Waals surface area contributed by atoms with Crippen molar-refractivity contribution in [2.75, 3.05) is 29.9 Å². The van der Waals surface area contributed by atoms with Gasteiger partial charge in [0.2, 0.25) is 0 Å². The Bertz CT molecular complexity index is 399. The largest absolute Gasteiger partial charge is 0.385 e. The highest BCUT2D eigenvalue weighted by molar-refractivity contribution is 7.99. The van der Waals surface area contributed by atoms with E-state index in [4.69, 9.17) is 0 Å². The van der Waals surface area contributed by atoms with Gasteiger partial charge in [0.1, 0.15) is 0 Å². The lowest BCUT2D eigenvalue weighted by Gasteiger charge is -2.21. The molecular formula is C15H22N2OS. The molecule has 19 heavy (non-hydrogen) atoms. The Morgan fingerprint density at radius 1 is 1.26 bits per heavy atom. The van der Waals surface area contributed by atoms with Crippen molar-refractivity contribution in [3.05, 3.63) is 29.8 Å². The second-order valence-corrected chi connectivity index (χ2v) is 6.10. The molecule has 1 saturated heterocycles. The zero-order valence-electron chi connectivity index (χ0n) is 11.4. The van der Waals surface area contributed by atoms with Gasteiger partial charge in [-0.3, -0.25) is 4.79 Å². The summed E-state index contributed by atoms with van der Waals surface area (Å²) in [6.07, 6.45) is 2.45. The number of rotatable bonds is 5. The van der Waals surface area contributed by atoms with Crippen LogP contribution in [-0.4, -0.2) is 30.5 Å². The Balaban J connectivity index is 1.81. The summed E-state index contributed by atoms with van der Waals surface area (Å²) in [5, 5.41) is 6.27. The van der Waals surface area contributed by atoms with Crippen molar-refractivity contribution in [2.45, 2.75) is 19.8 Å². The molecule has 2 rings (SSSR count). The van der Waals surface area contributed by atoms with Crippen LogP contribution in [0, 0.1) is 5.92 Å². The number of nitrogens with one attached hydrogen (secondary N) is 2. The Morgan fingerprint density at radius 3 is 2.58 bits per heavy atom. The van der Waals surface area contributed by atoms with E-state index in [1.807, 2.05) is 36.0 Å². The Kier molecular flexibility index (Phi) is 5.58. The minimum absolute atomic E-state index is 0.0428. The SMILES string of the molecule is CCNc1ccc(C(=O)NCC2CCSCC2)cc1. The number of anilines is 1. The van der Waals surface area contributed by atoms with Crippen molar-refractivity contribution in [1.82, 2.24) is 5.32 Å². The standard InChI is InChI=1S/C15H22N2OS/c1-2-16-14-5-3-13(4-6-14)15(18)17-11-12-7-9-19-10-8-12/h3-6,12,16H,2,7-11H2,1H3,(H,17,18). The normalized spacial score (nSPS) is 16.1. The molecule has 1 aromatic carbocycles. The summed E-state index contributed by atoms with van der Waals surface area (Å²) >= 11 is 2.02. The molecule has 0 unspecified atom stereocenters. The summed E-state index contributed by atoms with van der Waals surface area (Å²) in [5.74, 6) is 3.17. The molecule has 0 saturated carbocycles. The molecule has 0 spiro atoms. The van der Waals surface area contributed by atoms with Gasteiger partial charge >= 0.3 is 0 Å². The third-order valence-corrected chi connectivity index (χ3v) is 4.47. The molecular weight excluding hydrogens is 256 g/mol. The first-order valence-corrected chi connectivity index (χ1v) is 8.15. The molecule has 1 aromatic rings. The Labute approximate surface area is 119 Å². The van der Waals surface area contributed by atoms with Crippen molar-refractivity contribution < 1.29 is 4.79 Å². The van der Waals surface area contributed by atoms with Crippen LogP contribution in [0.15, 0.2) is 24.3 Å². The average Bonchev–Trinajstić information content (AvgIpc) is 2.47. The van der Waals surface area contributed by atoms with E-state index in [9.17, 15) is 4.79 Å². The van der Waals surface area contributed by atoms with E-state index in [1.165, 1.54) is 24.3 Å². The number of carbonyl (C=O) groups is 1. The van der Waals surface area contributed by atoms with Gasteiger partial charge in [0.25, 0.3) is 5.91 Å². The molecule has 1 aliphatic rings. The minimum Gasteiger partial charge on any atom is -0.385 e. The second-order valence-electron chi connectivity index (χ2n) is 4.87. The smallest absolute Gasteiger partial charge is 0.251 e. The maximum Gasteiger partial charge on any atom is 0.251 e. The van der Waals surface area contributed by atoms with E-state index in [2.05, 4.69) is 17.6 Å². The van der Waals surface area contributed by atoms with Gasteiger partial charge in [-0.25, -0.2) is 0 Å². The van der Waals surface area contributed by atoms with Crippen molar-refractivity contribution in [3.63, 3.8) is 0 Å². The van der Waals surface area contributed by atoms with Gasteiger partial charge in [-0.1, -0.05) is 0 Å². The van der Waals surface area contributed by atoms with E-state index < -0.39 is 0 Å². The highest BCUT2D eigenvalue weighted by atomic mass is 32.2. The highest BCUT2D eigenvalue weighted by Crippen LogP contribution is 2.22. The number of amides is 1. The molecule has 3 nitrogen and oxygen atoms in total. The first kappa shape index (κ1) is 14.3. The molecule has 1 heterocycles. The zero-order chi connectivity index (χ0) is 13.5. The van der Waals surface area contributed by atoms with Crippen molar-refractivity contribution in [1.29, 1.82) is 0 Å². The molecule has 0 atom stereocenters. The maximum absolute atomic E-state index is 12.0. The first-order valence-electron chi connectivity index (χ1n) is 6.99. The molecule has 104 valence electrons. The maximum atomic E-state index is 12.0. The van der Waals surface area contributed by atoms with Crippen molar-refractivity contribution >= 4 is 23.4 Å². The van der Waals surface area contributed by atoms with Gasteiger partial charge in [-0.15, -0.1) is 0 Å². The van der Waals surface area contributed by atoms with Crippen LogP contribution in [0.4, 0.5) is 5.69 Å². The molecule has 0 aromatic heterocycles. The van der Waals surface area contributed by atoms with Crippen LogP contribution in [0.1, 0.15) is 30.1 Å². The molecule has 1 aliphatic heterocycles. The lowest BCUT2D eigenvalue weighted by Crippen LogP contribution is -2.30. The summed E-state index contributed by atoms with van der Waals surface area (Å²) < 4.78 is 0. The average molecular weight is 278 g/mol. The Hall–Kier alpha value is -1.16. The van der Waals surface area contributed by atoms with Crippen LogP contribution >= 0.6 is 11.8 Å². The number of benzene rings is 1. The van der Waals surface area contributed by atoms with Gasteiger partial charge in [0, 0.05) is 24.3 Å². The predicted molar refractivity (Wildman–Crippen MR) is 83.0 cm³/mol. The predicted octanol–water partition coefficient (Wildman–Crippen LogP) is 2.99. The van der Waals surface area contributed by atoms with Gasteiger partial charge in [-0.2, -0.15) is 11.8 Å². The van der Waals surface area contributed by atoms with Crippen molar-refractivity contribution in [3.8, 4) is 0 Å². The molecule has 2 N–H and O–H groups in total. The first-order chi connectivity index (χ1) is 9.29. The highest BCUT2D eigenvalue weighted by Gasteiger charge is 2.15. The summed E-state index contributed by atoms with van der Waals surface area (Å²) in [6, 6.07) is 7.67. The lowest BCUT2D eigenvalue weighted by atomic mass is 10.0. The fraction of sp³-hybridized carbons (Fsp3) is 0.533. The molecule has 4 heteroatoms. The third kappa shape index (κ3) is 4.46. The van der Waals surface area contributed by atoms with Gasteiger partial charge < -0.3 is 10.6 Å². The molecule has 0 aliphatic carbocycles. The molecule has 0 bridgehead atoms. The van der Waals surface area contributed by atoms with E-state index in [0.717, 1.165) is 24.3 Å². The summed E-state index contributed by atoms with van der Waals surface area (Å²) in [4.78, 5) is 12.0. The summed E-state index contributed by atoms with van der Waals surface area (Å²) in [5.41, 5.74) is 1.80. The number of hydrogen-bond acceptors (Lipinski definition) is 3. The van der Waals surface area contributed by atoms with Crippen molar-refractivity contribution in [2.24, 2.45) is 5.92 Å². The topological polar surface area (TPSA) is 41.1 Å². The van der Waals surface area contributed by atoms with Crippen LogP contribution in [0.3, 0.4) is 0 Å². The monoisotopic (exact) mass is 278 g/mol. The molecule has 1 amide bonds. The minimum atomic E-state index is 0.0428. The molecule has 1 fully saturated rings. The quantitative estimate of drug-likeness (QED) is 0.870. The van der Waals surface area contributed by atoms with Crippen LogP contribution in [0.2, 0.25) is 0 Å². The van der Waals surface area contributed by atoms with Gasteiger partial charge in [-0.05, 0) is 61.5 Å². The fourth-order valence-electron chi connectivity index (χ4n) is 2.23. The van der Waals surface area contributed by atoms with Gasteiger partial charge in [0.15, 0.2) is 0 Å². The summed E-state index contributed by atoms with van der Waals surface area (Å²) in [7, 11) is 0. The zero-order valence-corrected chi connectivity index (χ0v) is 12.3. The van der Waals surface area contributed by atoms with E-state index in [0.29, 0.717) is 5.92 Å². The second kappa shape index (κ2) is 7.43. The van der Waals surface area contributed by atoms with Crippen LogP contribution in [-0.2, 0) is 0 Å². The third-order valence-electron chi connectivity index (χ3n) is 3.42. The van der Waals surface area contributed by atoms with Crippen LogP contribution < -0.4 is 10.6 Å². The number of carbonyl (C=O) groups excluding carboxylic acids is 1. The lowest BCUT2D eigenvalue weighted by molar-refractivity contribution is 0.0946. The Morgan fingerprint density at radius 2 is 1.95 bits per heavy atom. The molecule has 0 radical (unpaired) electrons. The van der Waals surface area contributed by atoms with Crippen LogP contribution in [0.5, 0.6) is 0 Å². The van der Waals surface area contributed by atoms with E-state index >= 15 is 0 Å². The fourth-order valence-corrected chi connectivity index (χ4v) is 3.44. The number of thioether (sulfide) groups is 1. The van der Waals surface area contributed by atoms with E-state index in [1.54, 1.807) is 0 Å². The van der Waals surface area contributed by atoms with Gasteiger partial charge in [0.05, 0.1) is 0 Å². The van der Waals surface area contributed by atoms with Crippen LogP contribution in [0.25, 0.3) is 0 Å².